The minimum Gasteiger partial charge on any atom is -0.370 e. The van der Waals surface area contributed by atoms with Crippen molar-refractivity contribution in [3.63, 3.8) is 0 Å². The average molecular weight is 270 g/mol. The Hall–Kier alpha value is -2.10. The van der Waals surface area contributed by atoms with Crippen molar-refractivity contribution in [1.82, 2.24) is 9.97 Å². The van der Waals surface area contributed by atoms with Crippen LogP contribution in [0.5, 0.6) is 0 Å². The van der Waals surface area contributed by atoms with Crippen LogP contribution < -0.4 is 10.6 Å². The van der Waals surface area contributed by atoms with Gasteiger partial charge in [0.05, 0.1) is 0 Å². The molecule has 0 amide bonds. The van der Waals surface area contributed by atoms with Crippen LogP contribution in [0.15, 0.2) is 36.7 Å². The Bertz CT molecular complexity index is 539. The molecule has 1 aromatic carbocycles. The molecule has 2 aromatic rings. The summed E-state index contributed by atoms with van der Waals surface area (Å²) in [5.41, 5.74) is 2.40. The van der Waals surface area contributed by atoms with Gasteiger partial charge in [-0.25, -0.2) is 9.97 Å². The van der Waals surface area contributed by atoms with Gasteiger partial charge in [0.1, 0.15) is 18.0 Å². The fourth-order valence-electron chi connectivity index (χ4n) is 2.12. The van der Waals surface area contributed by atoms with E-state index in [1.807, 2.05) is 13.0 Å². The van der Waals surface area contributed by atoms with Crippen molar-refractivity contribution >= 4 is 11.6 Å². The molecule has 1 heterocycles. The fraction of sp³-hybridized carbons (Fsp3) is 0.375. The van der Waals surface area contributed by atoms with Crippen molar-refractivity contribution in [1.29, 1.82) is 0 Å². The summed E-state index contributed by atoms with van der Waals surface area (Å²) in [5.74, 6) is 2.24. The highest BCUT2D eigenvalue weighted by molar-refractivity contribution is 5.56. The second-order valence-corrected chi connectivity index (χ2v) is 4.92. The molecule has 4 heteroatoms. The molecule has 4 nitrogen and oxygen atoms in total. The molecule has 0 fully saturated rings. The maximum Gasteiger partial charge on any atom is 0.134 e. The van der Waals surface area contributed by atoms with Crippen molar-refractivity contribution in [2.45, 2.75) is 26.7 Å². The number of anilines is 2. The quantitative estimate of drug-likeness (QED) is 0.844. The van der Waals surface area contributed by atoms with Gasteiger partial charge < -0.3 is 10.6 Å². The molecule has 0 radical (unpaired) electrons. The van der Waals surface area contributed by atoms with E-state index >= 15 is 0 Å². The Labute approximate surface area is 120 Å². The summed E-state index contributed by atoms with van der Waals surface area (Å²) in [5, 5.41) is 6.66. The van der Waals surface area contributed by atoms with Gasteiger partial charge >= 0.3 is 0 Å². The Balaban J connectivity index is 2.02. The van der Waals surface area contributed by atoms with Crippen molar-refractivity contribution in [3.05, 3.63) is 47.8 Å². The normalized spacial score (nSPS) is 11.9. The summed E-state index contributed by atoms with van der Waals surface area (Å²) in [6.07, 6.45) is 1.60. The first-order valence-corrected chi connectivity index (χ1v) is 7.06. The van der Waals surface area contributed by atoms with E-state index in [1.54, 1.807) is 6.33 Å². The Morgan fingerprint density at radius 1 is 1.05 bits per heavy atom. The zero-order valence-corrected chi connectivity index (χ0v) is 12.4. The lowest BCUT2D eigenvalue weighted by Crippen LogP contribution is -2.13. The summed E-state index contributed by atoms with van der Waals surface area (Å²) < 4.78 is 0. The molecule has 1 aromatic heterocycles. The number of benzene rings is 1. The molecule has 20 heavy (non-hydrogen) atoms. The van der Waals surface area contributed by atoms with E-state index in [0.29, 0.717) is 5.92 Å². The molecule has 106 valence electrons. The highest BCUT2D eigenvalue weighted by Gasteiger charge is 2.09. The summed E-state index contributed by atoms with van der Waals surface area (Å²) in [4.78, 5) is 8.58. The van der Waals surface area contributed by atoms with Crippen LogP contribution in [-0.2, 0) is 0 Å². The van der Waals surface area contributed by atoms with Crippen LogP contribution >= 0.6 is 0 Å². The lowest BCUT2D eigenvalue weighted by Gasteiger charge is -2.16. The van der Waals surface area contributed by atoms with Gasteiger partial charge in [0.15, 0.2) is 0 Å². The lowest BCUT2D eigenvalue weighted by atomic mass is 10.0. The van der Waals surface area contributed by atoms with Gasteiger partial charge in [-0.05, 0) is 25.3 Å². The van der Waals surface area contributed by atoms with E-state index < -0.39 is 0 Å². The van der Waals surface area contributed by atoms with E-state index in [4.69, 9.17) is 0 Å². The van der Waals surface area contributed by atoms with Crippen molar-refractivity contribution in [3.8, 4) is 0 Å². The van der Waals surface area contributed by atoms with Crippen molar-refractivity contribution in [2.75, 3.05) is 23.7 Å². The zero-order valence-electron chi connectivity index (χ0n) is 12.4. The first kappa shape index (κ1) is 14.3. The third-order valence-electron chi connectivity index (χ3n) is 3.37. The molecule has 1 unspecified atom stereocenters. The molecule has 2 rings (SSSR count). The largest absolute Gasteiger partial charge is 0.370 e. The van der Waals surface area contributed by atoms with E-state index in [9.17, 15) is 0 Å². The van der Waals surface area contributed by atoms with Gasteiger partial charge in [0, 0.05) is 18.7 Å². The van der Waals surface area contributed by atoms with E-state index in [0.717, 1.165) is 30.3 Å². The number of hydrogen-bond donors (Lipinski definition) is 2. The second-order valence-electron chi connectivity index (χ2n) is 4.92. The molecular formula is C16H22N4. The Morgan fingerprint density at radius 2 is 1.70 bits per heavy atom. The van der Waals surface area contributed by atoms with Gasteiger partial charge in [0.2, 0.25) is 0 Å². The number of aromatic nitrogens is 2. The van der Waals surface area contributed by atoms with Crippen LogP contribution in [0.4, 0.5) is 11.6 Å². The number of nitrogens with zero attached hydrogens (tertiary/aromatic N) is 2. The topological polar surface area (TPSA) is 49.8 Å². The summed E-state index contributed by atoms with van der Waals surface area (Å²) in [6.45, 7) is 8.02. The van der Waals surface area contributed by atoms with Crippen LogP contribution in [0.25, 0.3) is 0 Å². The minimum atomic E-state index is 0.438. The van der Waals surface area contributed by atoms with Crippen LogP contribution in [0.3, 0.4) is 0 Å². The molecule has 0 saturated carbocycles. The third kappa shape index (κ3) is 3.47. The van der Waals surface area contributed by atoms with E-state index in [-0.39, 0.29) is 0 Å². The van der Waals surface area contributed by atoms with Gasteiger partial charge in [-0.2, -0.15) is 0 Å². The molecule has 0 aliphatic heterocycles. The summed E-state index contributed by atoms with van der Waals surface area (Å²) in [6, 6.07) is 10.5. The monoisotopic (exact) mass is 270 g/mol. The van der Waals surface area contributed by atoms with Gasteiger partial charge in [0.25, 0.3) is 0 Å². The number of nitrogens with one attached hydrogen (secondary N) is 2. The predicted molar refractivity (Wildman–Crippen MR) is 84.3 cm³/mol. The first-order valence-electron chi connectivity index (χ1n) is 7.06. The van der Waals surface area contributed by atoms with Crippen LogP contribution in [0, 0.1) is 6.92 Å². The average Bonchev–Trinajstić information content (AvgIpc) is 2.49. The smallest absolute Gasteiger partial charge is 0.134 e. The highest BCUT2D eigenvalue weighted by Crippen LogP contribution is 2.20. The van der Waals surface area contributed by atoms with Crippen LogP contribution in [0.2, 0.25) is 0 Å². The predicted octanol–water partition coefficient (Wildman–Crippen LogP) is 3.43. The van der Waals surface area contributed by atoms with Crippen molar-refractivity contribution in [2.24, 2.45) is 0 Å². The van der Waals surface area contributed by atoms with Gasteiger partial charge in [-0.3, -0.25) is 0 Å². The molecule has 0 saturated heterocycles. The highest BCUT2D eigenvalue weighted by atomic mass is 15.1. The number of rotatable bonds is 6. The summed E-state index contributed by atoms with van der Waals surface area (Å²) in [7, 11) is 0. The molecule has 2 N–H and O–H groups in total. The van der Waals surface area contributed by atoms with Crippen LogP contribution in [-0.4, -0.2) is 23.1 Å². The molecular weight excluding hydrogens is 248 g/mol. The van der Waals surface area contributed by atoms with Crippen LogP contribution in [0.1, 0.15) is 30.9 Å². The minimum absolute atomic E-state index is 0.438. The first-order chi connectivity index (χ1) is 9.72. The van der Waals surface area contributed by atoms with Gasteiger partial charge in [-0.1, -0.05) is 37.3 Å². The van der Waals surface area contributed by atoms with E-state index in [2.05, 4.69) is 58.7 Å². The third-order valence-corrected chi connectivity index (χ3v) is 3.37. The Morgan fingerprint density at radius 3 is 2.35 bits per heavy atom. The zero-order chi connectivity index (χ0) is 14.4. The lowest BCUT2D eigenvalue weighted by molar-refractivity contribution is 0.799. The SMILES string of the molecule is CCNc1ncnc(NCC(C)c2ccccc2)c1C. The standard InChI is InChI=1S/C16H22N4/c1-4-17-15-13(3)16(20-11-19-15)18-10-12(2)14-8-6-5-7-9-14/h5-9,11-12H,4,10H2,1-3H3,(H2,17,18,19,20). The fourth-order valence-corrected chi connectivity index (χ4v) is 2.12. The molecule has 0 aliphatic carbocycles. The molecule has 0 spiro atoms. The maximum atomic E-state index is 4.32. The van der Waals surface area contributed by atoms with Crippen molar-refractivity contribution < 1.29 is 0 Å². The summed E-state index contributed by atoms with van der Waals surface area (Å²) >= 11 is 0. The second kappa shape index (κ2) is 6.89. The molecule has 0 aliphatic rings. The number of hydrogen-bond acceptors (Lipinski definition) is 4. The maximum absolute atomic E-state index is 4.32. The molecule has 1 atom stereocenters. The Kier molecular flexibility index (Phi) is 4.93. The molecule has 0 bridgehead atoms. The van der Waals surface area contributed by atoms with Gasteiger partial charge in [-0.15, -0.1) is 0 Å². The van der Waals surface area contributed by atoms with E-state index in [1.165, 1.54) is 5.56 Å².